The van der Waals surface area contributed by atoms with Gasteiger partial charge in [0.25, 0.3) is 5.91 Å². The van der Waals surface area contributed by atoms with Gasteiger partial charge in [0.1, 0.15) is 0 Å². The summed E-state index contributed by atoms with van der Waals surface area (Å²) >= 11 is 0. The number of rotatable bonds is 4. The first-order valence-corrected chi connectivity index (χ1v) is 8.23. The van der Waals surface area contributed by atoms with Crippen molar-refractivity contribution in [1.82, 2.24) is 20.0 Å². The first-order valence-electron chi connectivity index (χ1n) is 8.23. The molecule has 2 aromatic carbocycles. The number of hydrogen-bond donors (Lipinski definition) is 2. The van der Waals surface area contributed by atoms with Crippen molar-refractivity contribution in [2.24, 2.45) is 0 Å². The van der Waals surface area contributed by atoms with Crippen LogP contribution in [0.15, 0.2) is 48.8 Å². The Morgan fingerprint density at radius 1 is 1.19 bits per heavy atom. The quantitative estimate of drug-likeness (QED) is 0.578. The van der Waals surface area contributed by atoms with Gasteiger partial charge in [-0.25, -0.2) is 13.5 Å². The molecule has 27 heavy (non-hydrogen) atoms. The third-order valence-corrected chi connectivity index (χ3v) is 4.21. The Balaban J connectivity index is 1.51. The average molecular weight is 367 g/mol. The SMILES string of the molecule is Cc1ccc(Cn2cc(C(=O)Nc3c[nH]c4cc(F)c(F)cc34)nn2)cc1. The second-order valence-corrected chi connectivity index (χ2v) is 6.26. The van der Waals surface area contributed by atoms with E-state index in [9.17, 15) is 13.6 Å². The lowest BCUT2D eigenvalue weighted by atomic mass is 10.1. The molecule has 0 aliphatic heterocycles. The maximum atomic E-state index is 13.5. The largest absolute Gasteiger partial charge is 0.359 e. The summed E-state index contributed by atoms with van der Waals surface area (Å²) in [5, 5.41) is 10.8. The molecular formula is C19H15F2N5O. The fraction of sp³-hybridized carbons (Fsp3) is 0.105. The lowest BCUT2D eigenvalue weighted by Gasteiger charge is -2.02. The van der Waals surface area contributed by atoms with Gasteiger partial charge in [0.15, 0.2) is 17.3 Å². The molecule has 2 N–H and O–H groups in total. The standard InChI is InChI=1S/C19H15F2N5O/c1-11-2-4-12(5-3-11)9-26-10-18(24-25-26)19(27)23-17-8-22-16-7-15(21)14(20)6-13(16)17/h2-8,10,22H,9H2,1H3,(H,23,27). The molecule has 0 radical (unpaired) electrons. The molecule has 8 heteroatoms. The highest BCUT2D eigenvalue weighted by Crippen LogP contribution is 2.25. The summed E-state index contributed by atoms with van der Waals surface area (Å²) in [4.78, 5) is 15.2. The minimum atomic E-state index is -0.985. The second kappa shape index (κ2) is 6.64. The fourth-order valence-electron chi connectivity index (χ4n) is 2.77. The van der Waals surface area contributed by atoms with Crippen molar-refractivity contribution in [3.05, 3.63) is 77.2 Å². The van der Waals surface area contributed by atoms with E-state index in [0.29, 0.717) is 23.1 Å². The zero-order chi connectivity index (χ0) is 19.0. The molecule has 0 aliphatic rings. The molecule has 0 atom stereocenters. The van der Waals surface area contributed by atoms with Crippen molar-refractivity contribution < 1.29 is 13.6 Å². The minimum absolute atomic E-state index is 0.124. The van der Waals surface area contributed by atoms with Gasteiger partial charge in [0.05, 0.1) is 23.9 Å². The van der Waals surface area contributed by atoms with Gasteiger partial charge in [0, 0.05) is 17.6 Å². The first-order chi connectivity index (χ1) is 13.0. The molecule has 0 saturated heterocycles. The number of aromatic amines is 1. The predicted molar refractivity (Wildman–Crippen MR) is 96.5 cm³/mol. The summed E-state index contributed by atoms with van der Waals surface area (Å²) in [6.45, 7) is 2.49. The van der Waals surface area contributed by atoms with Crippen LogP contribution in [0.25, 0.3) is 10.9 Å². The molecule has 2 aromatic heterocycles. The molecular weight excluding hydrogens is 352 g/mol. The summed E-state index contributed by atoms with van der Waals surface area (Å²) in [6.07, 6.45) is 3.00. The van der Waals surface area contributed by atoms with E-state index < -0.39 is 17.5 Å². The van der Waals surface area contributed by atoms with Gasteiger partial charge in [-0.05, 0) is 18.6 Å². The van der Waals surface area contributed by atoms with E-state index in [0.717, 1.165) is 23.3 Å². The van der Waals surface area contributed by atoms with E-state index in [2.05, 4.69) is 20.6 Å². The van der Waals surface area contributed by atoms with E-state index in [1.807, 2.05) is 31.2 Å². The van der Waals surface area contributed by atoms with E-state index in [1.54, 1.807) is 4.68 Å². The van der Waals surface area contributed by atoms with Crippen molar-refractivity contribution >= 4 is 22.5 Å². The number of amides is 1. The number of nitrogens with one attached hydrogen (secondary N) is 2. The lowest BCUT2D eigenvalue weighted by Crippen LogP contribution is -2.12. The van der Waals surface area contributed by atoms with Gasteiger partial charge in [0.2, 0.25) is 0 Å². The first kappa shape index (κ1) is 16.9. The highest BCUT2D eigenvalue weighted by Gasteiger charge is 2.15. The molecule has 0 bridgehead atoms. The Labute approximate surface area is 152 Å². The third kappa shape index (κ3) is 3.41. The van der Waals surface area contributed by atoms with Crippen molar-refractivity contribution in [2.75, 3.05) is 5.32 Å². The number of fused-ring (bicyclic) bond motifs is 1. The molecule has 0 spiro atoms. The molecule has 4 rings (SSSR count). The Hall–Kier alpha value is -3.55. The van der Waals surface area contributed by atoms with Crippen molar-refractivity contribution in [3.8, 4) is 0 Å². The smallest absolute Gasteiger partial charge is 0.277 e. The van der Waals surface area contributed by atoms with Gasteiger partial charge in [-0.2, -0.15) is 0 Å². The highest BCUT2D eigenvalue weighted by atomic mass is 19.2. The van der Waals surface area contributed by atoms with E-state index >= 15 is 0 Å². The van der Waals surface area contributed by atoms with Crippen LogP contribution >= 0.6 is 0 Å². The average Bonchev–Trinajstić information content (AvgIpc) is 3.25. The number of halogens is 2. The Bertz CT molecular complexity index is 1130. The molecule has 0 saturated carbocycles. The van der Waals surface area contributed by atoms with E-state index in [1.165, 1.54) is 12.4 Å². The predicted octanol–water partition coefficient (Wildman–Crippen LogP) is 3.65. The van der Waals surface area contributed by atoms with Crippen molar-refractivity contribution in [2.45, 2.75) is 13.5 Å². The van der Waals surface area contributed by atoms with Gasteiger partial charge < -0.3 is 10.3 Å². The third-order valence-electron chi connectivity index (χ3n) is 4.21. The number of nitrogens with zero attached hydrogens (tertiary/aromatic N) is 3. The molecule has 136 valence electrons. The van der Waals surface area contributed by atoms with Crippen LogP contribution in [0.5, 0.6) is 0 Å². The van der Waals surface area contributed by atoms with Crippen LogP contribution in [0.3, 0.4) is 0 Å². The van der Waals surface area contributed by atoms with E-state index in [-0.39, 0.29) is 5.69 Å². The summed E-state index contributed by atoms with van der Waals surface area (Å²) in [5.74, 6) is -2.43. The summed E-state index contributed by atoms with van der Waals surface area (Å²) in [7, 11) is 0. The number of aromatic nitrogens is 4. The molecule has 6 nitrogen and oxygen atoms in total. The fourth-order valence-corrected chi connectivity index (χ4v) is 2.77. The number of carbonyl (C=O) groups excluding carboxylic acids is 1. The van der Waals surface area contributed by atoms with E-state index in [4.69, 9.17) is 0 Å². The number of anilines is 1. The minimum Gasteiger partial charge on any atom is -0.359 e. The lowest BCUT2D eigenvalue weighted by molar-refractivity contribution is 0.102. The van der Waals surface area contributed by atoms with Crippen LogP contribution in [0.2, 0.25) is 0 Å². The van der Waals surface area contributed by atoms with Crippen molar-refractivity contribution in [1.29, 1.82) is 0 Å². The van der Waals surface area contributed by atoms with Gasteiger partial charge in [-0.3, -0.25) is 4.79 Å². The Morgan fingerprint density at radius 2 is 1.93 bits per heavy atom. The zero-order valence-corrected chi connectivity index (χ0v) is 14.3. The topological polar surface area (TPSA) is 75.6 Å². The zero-order valence-electron chi connectivity index (χ0n) is 14.3. The number of benzene rings is 2. The van der Waals surface area contributed by atoms with Crippen LogP contribution in [-0.2, 0) is 6.54 Å². The van der Waals surface area contributed by atoms with Gasteiger partial charge in [-0.15, -0.1) is 5.10 Å². The normalized spacial score (nSPS) is 11.1. The van der Waals surface area contributed by atoms with Gasteiger partial charge >= 0.3 is 0 Å². The van der Waals surface area contributed by atoms with Crippen molar-refractivity contribution in [3.63, 3.8) is 0 Å². The molecule has 4 aromatic rings. The summed E-state index contributed by atoms with van der Waals surface area (Å²) in [6, 6.07) is 10.0. The van der Waals surface area contributed by atoms with Gasteiger partial charge in [-0.1, -0.05) is 35.0 Å². The number of hydrogen-bond acceptors (Lipinski definition) is 3. The number of H-pyrrole nitrogens is 1. The molecule has 0 aliphatic carbocycles. The Kier molecular flexibility index (Phi) is 4.15. The molecule has 0 fully saturated rings. The highest BCUT2D eigenvalue weighted by molar-refractivity contribution is 6.07. The monoisotopic (exact) mass is 367 g/mol. The maximum absolute atomic E-state index is 13.5. The summed E-state index contributed by atoms with van der Waals surface area (Å²) < 4.78 is 28.3. The van der Waals surface area contributed by atoms with Crippen LogP contribution in [0, 0.1) is 18.6 Å². The molecule has 2 heterocycles. The number of carbonyl (C=O) groups is 1. The van der Waals surface area contributed by atoms with Crippen LogP contribution in [0.4, 0.5) is 14.5 Å². The van der Waals surface area contributed by atoms with Crippen LogP contribution < -0.4 is 5.32 Å². The van der Waals surface area contributed by atoms with Crippen LogP contribution in [0.1, 0.15) is 21.6 Å². The maximum Gasteiger partial charge on any atom is 0.277 e. The Morgan fingerprint density at radius 3 is 2.70 bits per heavy atom. The number of aryl methyl sites for hydroxylation is 1. The molecule has 0 unspecified atom stereocenters. The summed E-state index contributed by atoms with van der Waals surface area (Å²) in [5.41, 5.74) is 3.03. The molecule has 1 amide bonds. The second-order valence-electron chi connectivity index (χ2n) is 6.26. The van der Waals surface area contributed by atoms with Crippen LogP contribution in [-0.4, -0.2) is 25.9 Å².